The second-order valence-corrected chi connectivity index (χ2v) is 4.78. The highest BCUT2D eigenvalue weighted by atomic mass is 32.1. The molecule has 90 valence electrons. The van der Waals surface area contributed by atoms with Gasteiger partial charge in [0.1, 0.15) is 5.82 Å². The highest BCUT2D eigenvalue weighted by Crippen LogP contribution is 2.28. The van der Waals surface area contributed by atoms with Gasteiger partial charge in [0.15, 0.2) is 0 Å². The summed E-state index contributed by atoms with van der Waals surface area (Å²) in [7, 11) is 0. The molecule has 5 heteroatoms. The number of hydrogen-bond acceptors (Lipinski definition) is 3. The van der Waals surface area contributed by atoms with Gasteiger partial charge in [0, 0.05) is 5.69 Å². The van der Waals surface area contributed by atoms with E-state index in [2.05, 4.69) is 4.98 Å². The quantitative estimate of drug-likeness (QED) is 0.717. The van der Waals surface area contributed by atoms with Crippen LogP contribution in [0.4, 0.5) is 10.1 Å². The number of nitrogens with two attached hydrogens (primary N) is 1. The number of nitrogens with zero attached hydrogens (tertiary/aromatic N) is 2. The highest BCUT2D eigenvalue weighted by Gasteiger charge is 2.11. The molecule has 3 nitrogen and oxygen atoms in total. The van der Waals surface area contributed by atoms with E-state index in [1.54, 1.807) is 40.6 Å². The van der Waals surface area contributed by atoms with Crippen LogP contribution in [0.25, 0.3) is 16.3 Å². The van der Waals surface area contributed by atoms with Crippen LogP contribution in [0.3, 0.4) is 0 Å². The van der Waals surface area contributed by atoms with E-state index in [0.717, 1.165) is 10.6 Å². The molecule has 1 aromatic carbocycles. The lowest BCUT2D eigenvalue weighted by Crippen LogP contribution is -1.99. The summed E-state index contributed by atoms with van der Waals surface area (Å²) in [6, 6.07) is 8.44. The Bertz CT molecular complexity index is 673. The second kappa shape index (κ2) is 4.27. The van der Waals surface area contributed by atoms with E-state index in [4.69, 9.17) is 5.73 Å². The van der Waals surface area contributed by atoms with Crippen LogP contribution in [0.1, 0.15) is 0 Å². The fourth-order valence-electron chi connectivity index (χ4n) is 1.81. The van der Waals surface area contributed by atoms with Crippen LogP contribution in [0.2, 0.25) is 0 Å². The van der Waals surface area contributed by atoms with Crippen LogP contribution in [0.5, 0.6) is 0 Å². The Morgan fingerprint density at radius 3 is 2.94 bits per heavy atom. The van der Waals surface area contributed by atoms with Crippen molar-refractivity contribution in [2.24, 2.45) is 0 Å². The van der Waals surface area contributed by atoms with Gasteiger partial charge in [-0.3, -0.25) is 4.57 Å². The smallest absolute Gasteiger partial charge is 0.147 e. The van der Waals surface area contributed by atoms with Crippen LogP contribution >= 0.6 is 11.3 Å². The van der Waals surface area contributed by atoms with E-state index >= 15 is 0 Å². The van der Waals surface area contributed by atoms with Crippen molar-refractivity contribution in [2.75, 3.05) is 5.73 Å². The largest absolute Gasteiger partial charge is 0.399 e. The molecule has 3 aromatic rings. The highest BCUT2D eigenvalue weighted by molar-refractivity contribution is 7.13. The van der Waals surface area contributed by atoms with Gasteiger partial charge in [0.05, 0.1) is 28.8 Å². The number of rotatable bonds is 2. The van der Waals surface area contributed by atoms with E-state index in [1.807, 2.05) is 17.5 Å². The molecule has 0 aliphatic heterocycles. The molecule has 0 radical (unpaired) electrons. The van der Waals surface area contributed by atoms with Crippen LogP contribution in [0.15, 0.2) is 48.2 Å². The normalized spacial score (nSPS) is 10.7. The van der Waals surface area contributed by atoms with Gasteiger partial charge in [-0.15, -0.1) is 11.3 Å². The van der Waals surface area contributed by atoms with E-state index in [0.29, 0.717) is 11.4 Å². The minimum atomic E-state index is -0.319. The van der Waals surface area contributed by atoms with E-state index in [-0.39, 0.29) is 5.82 Å². The van der Waals surface area contributed by atoms with Crippen molar-refractivity contribution in [1.82, 2.24) is 9.55 Å². The molecular formula is C13H10FN3S. The van der Waals surface area contributed by atoms with Gasteiger partial charge in [-0.05, 0) is 29.6 Å². The Kier molecular flexibility index (Phi) is 2.60. The van der Waals surface area contributed by atoms with Crippen molar-refractivity contribution < 1.29 is 4.39 Å². The summed E-state index contributed by atoms with van der Waals surface area (Å²) in [5, 5.41) is 1.97. The molecule has 0 aliphatic rings. The van der Waals surface area contributed by atoms with Crippen molar-refractivity contribution in [3.8, 4) is 16.3 Å². The first-order valence-corrected chi connectivity index (χ1v) is 6.25. The first-order chi connectivity index (χ1) is 8.75. The molecule has 0 unspecified atom stereocenters. The third-order valence-corrected chi connectivity index (χ3v) is 3.53. The lowest BCUT2D eigenvalue weighted by Gasteiger charge is -2.08. The summed E-state index contributed by atoms with van der Waals surface area (Å²) < 4.78 is 15.6. The molecule has 0 amide bonds. The van der Waals surface area contributed by atoms with Crippen LogP contribution in [-0.2, 0) is 0 Å². The zero-order valence-electron chi connectivity index (χ0n) is 9.38. The van der Waals surface area contributed by atoms with Crippen molar-refractivity contribution >= 4 is 17.0 Å². The molecule has 0 saturated heterocycles. The first-order valence-electron chi connectivity index (χ1n) is 5.37. The van der Waals surface area contributed by atoms with Gasteiger partial charge in [-0.2, -0.15) is 0 Å². The lowest BCUT2D eigenvalue weighted by molar-refractivity contribution is 0.619. The van der Waals surface area contributed by atoms with Crippen LogP contribution < -0.4 is 5.73 Å². The lowest BCUT2D eigenvalue weighted by atomic mass is 10.2. The van der Waals surface area contributed by atoms with E-state index < -0.39 is 0 Å². The minimum Gasteiger partial charge on any atom is -0.399 e. The molecule has 2 aromatic heterocycles. The molecule has 0 aliphatic carbocycles. The maximum Gasteiger partial charge on any atom is 0.147 e. The van der Waals surface area contributed by atoms with Crippen molar-refractivity contribution in [3.63, 3.8) is 0 Å². The van der Waals surface area contributed by atoms with Gasteiger partial charge in [-0.1, -0.05) is 6.07 Å². The van der Waals surface area contributed by atoms with Gasteiger partial charge in [-0.25, -0.2) is 9.37 Å². The van der Waals surface area contributed by atoms with Crippen molar-refractivity contribution in [1.29, 1.82) is 0 Å². The zero-order valence-corrected chi connectivity index (χ0v) is 10.2. The summed E-state index contributed by atoms with van der Waals surface area (Å²) in [5.74, 6) is -0.319. The minimum absolute atomic E-state index is 0.319. The Balaban J connectivity index is 2.19. The van der Waals surface area contributed by atoms with Crippen molar-refractivity contribution in [3.05, 3.63) is 54.1 Å². The number of hydrogen-bond donors (Lipinski definition) is 1. The first kappa shape index (κ1) is 11.0. The SMILES string of the molecule is Nc1ccc(F)c(-n2cncc2-c2cccs2)c1. The third kappa shape index (κ3) is 1.78. The molecule has 2 N–H and O–H groups in total. The topological polar surface area (TPSA) is 43.8 Å². The Morgan fingerprint density at radius 2 is 2.17 bits per heavy atom. The predicted molar refractivity (Wildman–Crippen MR) is 71.2 cm³/mol. The molecule has 18 heavy (non-hydrogen) atoms. The van der Waals surface area contributed by atoms with Gasteiger partial charge in [0.25, 0.3) is 0 Å². The number of anilines is 1. The fourth-order valence-corrected chi connectivity index (χ4v) is 2.54. The summed E-state index contributed by atoms with van der Waals surface area (Å²) >= 11 is 1.59. The molecule has 3 rings (SSSR count). The van der Waals surface area contributed by atoms with Gasteiger partial charge in [0.2, 0.25) is 0 Å². The van der Waals surface area contributed by atoms with Gasteiger partial charge >= 0.3 is 0 Å². The number of thiophene rings is 1. The number of nitrogen functional groups attached to an aromatic ring is 1. The van der Waals surface area contributed by atoms with Gasteiger partial charge < -0.3 is 5.73 Å². The fraction of sp³-hybridized carbons (Fsp3) is 0. The van der Waals surface area contributed by atoms with Crippen molar-refractivity contribution in [2.45, 2.75) is 0 Å². The molecule has 0 atom stereocenters. The Labute approximate surface area is 107 Å². The monoisotopic (exact) mass is 259 g/mol. The Morgan fingerprint density at radius 1 is 1.28 bits per heavy atom. The molecule has 0 spiro atoms. The number of benzene rings is 1. The molecule has 0 saturated carbocycles. The third-order valence-electron chi connectivity index (χ3n) is 2.64. The molecule has 0 fully saturated rings. The maximum atomic E-state index is 13.9. The summed E-state index contributed by atoms with van der Waals surface area (Å²) in [6.45, 7) is 0. The van der Waals surface area contributed by atoms with E-state index in [1.165, 1.54) is 6.07 Å². The van der Waals surface area contributed by atoms with E-state index in [9.17, 15) is 4.39 Å². The summed E-state index contributed by atoms with van der Waals surface area (Å²) in [6.07, 6.45) is 3.31. The average Bonchev–Trinajstić information content (AvgIpc) is 3.00. The van der Waals surface area contributed by atoms with Crippen LogP contribution in [-0.4, -0.2) is 9.55 Å². The summed E-state index contributed by atoms with van der Waals surface area (Å²) in [4.78, 5) is 5.12. The molecule has 2 heterocycles. The molecular weight excluding hydrogens is 249 g/mol. The predicted octanol–water partition coefficient (Wildman–Crippen LogP) is 3.32. The number of halogens is 1. The maximum absolute atomic E-state index is 13.9. The second-order valence-electron chi connectivity index (χ2n) is 3.84. The zero-order chi connectivity index (χ0) is 12.5. The summed E-state index contributed by atoms with van der Waals surface area (Å²) in [5.41, 5.74) is 7.50. The standard InChI is InChI=1S/C13H10FN3S/c14-10-4-3-9(15)6-11(10)17-8-16-7-12(17)13-2-1-5-18-13/h1-8H,15H2. The number of aromatic nitrogens is 2. The molecule has 0 bridgehead atoms. The van der Waals surface area contributed by atoms with Crippen LogP contribution in [0, 0.1) is 5.82 Å². The average molecular weight is 259 g/mol. The number of imidazole rings is 1. The Hall–Kier alpha value is -2.14.